The number of benzene rings is 1. The minimum Gasteiger partial charge on any atom is -0.497 e. The van der Waals surface area contributed by atoms with Gasteiger partial charge in [-0.3, -0.25) is 4.79 Å². The zero-order valence-electron chi connectivity index (χ0n) is 18.4. The van der Waals surface area contributed by atoms with Gasteiger partial charge in [0.15, 0.2) is 0 Å². The Morgan fingerprint density at radius 3 is 2.53 bits per heavy atom. The molecule has 1 saturated carbocycles. The standard InChI is InChI=1S/C24H32N4O2/c1-4-22-21(16-18-6-10-20(30-3)11-7-18)23(26-17(2)25-22)27-12-5-13-28(15-14-27)24(29)19-8-9-19/h6-7,10-11,19H,4-5,8-9,12-16H2,1-3H3. The molecule has 1 amide bonds. The maximum Gasteiger partial charge on any atom is 0.225 e. The lowest BCUT2D eigenvalue weighted by Gasteiger charge is -2.26. The zero-order chi connectivity index (χ0) is 21.1. The van der Waals surface area contributed by atoms with E-state index in [2.05, 4.69) is 28.9 Å². The third kappa shape index (κ3) is 4.58. The first-order valence-electron chi connectivity index (χ1n) is 11.1. The minimum atomic E-state index is 0.287. The summed E-state index contributed by atoms with van der Waals surface area (Å²) in [5.41, 5.74) is 3.54. The van der Waals surface area contributed by atoms with E-state index in [4.69, 9.17) is 14.7 Å². The third-order valence-electron chi connectivity index (χ3n) is 6.09. The van der Waals surface area contributed by atoms with Crippen LogP contribution in [0.2, 0.25) is 0 Å². The van der Waals surface area contributed by atoms with Crippen molar-refractivity contribution in [1.82, 2.24) is 14.9 Å². The topological polar surface area (TPSA) is 58.6 Å². The fraction of sp³-hybridized carbons (Fsp3) is 0.542. The highest BCUT2D eigenvalue weighted by Crippen LogP contribution is 2.32. The van der Waals surface area contributed by atoms with E-state index in [1.54, 1.807) is 7.11 Å². The van der Waals surface area contributed by atoms with Gasteiger partial charge in [0.2, 0.25) is 5.91 Å². The van der Waals surface area contributed by atoms with Crippen LogP contribution in [0, 0.1) is 12.8 Å². The van der Waals surface area contributed by atoms with Crippen LogP contribution in [0.15, 0.2) is 24.3 Å². The van der Waals surface area contributed by atoms with Gasteiger partial charge in [-0.1, -0.05) is 19.1 Å². The summed E-state index contributed by atoms with van der Waals surface area (Å²) in [5, 5.41) is 0. The highest BCUT2D eigenvalue weighted by molar-refractivity contribution is 5.81. The molecule has 2 aliphatic rings. The zero-order valence-corrected chi connectivity index (χ0v) is 18.4. The van der Waals surface area contributed by atoms with E-state index in [1.165, 1.54) is 11.1 Å². The van der Waals surface area contributed by atoms with Gasteiger partial charge >= 0.3 is 0 Å². The van der Waals surface area contributed by atoms with E-state index in [1.807, 2.05) is 19.1 Å². The molecule has 0 bridgehead atoms. The number of methoxy groups -OCH3 is 1. The summed E-state index contributed by atoms with van der Waals surface area (Å²) in [5.74, 6) is 3.35. The molecule has 0 spiro atoms. The molecule has 2 aromatic rings. The Balaban J connectivity index is 1.59. The van der Waals surface area contributed by atoms with Crippen molar-refractivity contribution in [1.29, 1.82) is 0 Å². The van der Waals surface area contributed by atoms with E-state index < -0.39 is 0 Å². The number of nitrogens with zero attached hydrogens (tertiary/aromatic N) is 4. The summed E-state index contributed by atoms with van der Waals surface area (Å²) in [6.45, 7) is 7.51. The van der Waals surface area contributed by atoms with Crippen LogP contribution in [0.1, 0.15) is 48.8 Å². The lowest BCUT2D eigenvalue weighted by Crippen LogP contribution is -2.36. The first-order chi connectivity index (χ1) is 14.6. The second-order valence-corrected chi connectivity index (χ2v) is 8.34. The van der Waals surface area contributed by atoms with Crippen LogP contribution in [0.25, 0.3) is 0 Å². The van der Waals surface area contributed by atoms with Gasteiger partial charge in [0.25, 0.3) is 0 Å². The van der Waals surface area contributed by atoms with E-state index in [-0.39, 0.29) is 5.92 Å². The molecule has 1 saturated heterocycles. The molecule has 30 heavy (non-hydrogen) atoms. The monoisotopic (exact) mass is 408 g/mol. The molecule has 1 aliphatic heterocycles. The van der Waals surface area contributed by atoms with Crippen molar-refractivity contribution in [2.45, 2.75) is 46.0 Å². The molecular formula is C24H32N4O2. The molecule has 2 fully saturated rings. The number of rotatable bonds is 6. The highest BCUT2D eigenvalue weighted by atomic mass is 16.5. The summed E-state index contributed by atoms with van der Waals surface area (Å²) in [6.07, 6.45) is 4.78. The summed E-state index contributed by atoms with van der Waals surface area (Å²) >= 11 is 0. The van der Waals surface area contributed by atoms with Crippen LogP contribution in [0.5, 0.6) is 5.75 Å². The number of ether oxygens (including phenoxy) is 1. The van der Waals surface area contributed by atoms with E-state index >= 15 is 0 Å². The van der Waals surface area contributed by atoms with Crippen molar-refractivity contribution in [3.8, 4) is 5.75 Å². The summed E-state index contributed by atoms with van der Waals surface area (Å²) < 4.78 is 5.30. The lowest BCUT2D eigenvalue weighted by molar-refractivity contribution is -0.132. The molecule has 4 rings (SSSR count). The van der Waals surface area contributed by atoms with Crippen molar-refractivity contribution >= 4 is 11.7 Å². The maximum atomic E-state index is 12.5. The molecule has 0 N–H and O–H groups in total. The predicted molar refractivity (Wildman–Crippen MR) is 118 cm³/mol. The number of hydrogen-bond donors (Lipinski definition) is 0. The Kier molecular flexibility index (Phi) is 6.21. The molecule has 0 atom stereocenters. The average molecular weight is 409 g/mol. The van der Waals surface area contributed by atoms with Gasteiger partial charge in [-0.15, -0.1) is 0 Å². The summed E-state index contributed by atoms with van der Waals surface area (Å²) in [6, 6.07) is 8.23. The predicted octanol–water partition coefficient (Wildman–Crippen LogP) is 3.40. The van der Waals surface area contributed by atoms with Crippen molar-refractivity contribution in [2.24, 2.45) is 5.92 Å². The van der Waals surface area contributed by atoms with E-state index in [0.717, 1.165) is 81.4 Å². The molecule has 1 aromatic heterocycles. The third-order valence-corrected chi connectivity index (χ3v) is 6.09. The first kappa shape index (κ1) is 20.6. The van der Waals surface area contributed by atoms with Gasteiger partial charge in [0.05, 0.1) is 7.11 Å². The number of aromatic nitrogens is 2. The number of aryl methyl sites for hydroxylation is 2. The van der Waals surface area contributed by atoms with Gasteiger partial charge in [-0.2, -0.15) is 0 Å². The second-order valence-electron chi connectivity index (χ2n) is 8.34. The van der Waals surface area contributed by atoms with Gasteiger partial charge in [-0.25, -0.2) is 9.97 Å². The normalized spacial score (nSPS) is 17.0. The van der Waals surface area contributed by atoms with Crippen LogP contribution in [0.4, 0.5) is 5.82 Å². The summed E-state index contributed by atoms with van der Waals surface area (Å²) in [7, 11) is 1.69. The molecule has 2 heterocycles. The van der Waals surface area contributed by atoms with Crippen molar-refractivity contribution in [3.63, 3.8) is 0 Å². The molecule has 0 radical (unpaired) electrons. The fourth-order valence-electron chi connectivity index (χ4n) is 4.26. The maximum absolute atomic E-state index is 12.5. The van der Waals surface area contributed by atoms with Gasteiger partial charge in [0.1, 0.15) is 17.4 Å². The quantitative estimate of drug-likeness (QED) is 0.733. The van der Waals surface area contributed by atoms with Crippen LogP contribution >= 0.6 is 0 Å². The van der Waals surface area contributed by atoms with E-state index in [9.17, 15) is 4.79 Å². The Morgan fingerprint density at radius 1 is 1.10 bits per heavy atom. The molecule has 1 aromatic carbocycles. The lowest BCUT2D eigenvalue weighted by atomic mass is 10.0. The number of hydrogen-bond acceptors (Lipinski definition) is 5. The Labute approximate surface area is 179 Å². The van der Waals surface area contributed by atoms with Crippen LogP contribution in [-0.4, -0.2) is 54.1 Å². The molecule has 160 valence electrons. The molecule has 6 heteroatoms. The van der Waals surface area contributed by atoms with Crippen LogP contribution < -0.4 is 9.64 Å². The molecule has 1 aliphatic carbocycles. The van der Waals surface area contributed by atoms with Crippen molar-refractivity contribution in [2.75, 3.05) is 38.2 Å². The number of anilines is 1. The van der Waals surface area contributed by atoms with Crippen molar-refractivity contribution in [3.05, 3.63) is 46.9 Å². The Morgan fingerprint density at radius 2 is 1.87 bits per heavy atom. The van der Waals surface area contributed by atoms with Crippen molar-refractivity contribution < 1.29 is 9.53 Å². The number of carbonyl (C=O) groups excluding carboxylic acids is 1. The number of carbonyl (C=O) groups is 1. The van der Waals surface area contributed by atoms with Crippen LogP contribution in [-0.2, 0) is 17.6 Å². The largest absolute Gasteiger partial charge is 0.497 e. The number of amides is 1. The SMILES string of the molecule is CCc1nc(C)nc(N2CCCN(C(=O)C3CC3)CC2)c1Cc1ccc(OC)cc1. The Hall–Kier alpha value is -2.63. The first-order valence-corrected chi connectivity index (χ1v) is 11.1. The molecule has 0 unspecified atom stereocenters. The van der Waals surface area contributed by atoms with Gasteiger partial charge in [0, 0.05) is 49.8 Å². The smallest absolute Gasteiger partial charge is 0.225 e. The Bertz CT molecular complexity index is 893. The van der Waals surface area contributed by atoms with Crippen LogP contribution in [0.3, 0.4) is 0 Å². The second kappa shape index (κ2) is 9.02. The van der Waals surface area contributed by atoms with Gasteiger partial charge < -0.3 is 14.5 Å². The van der Waals surface area contributed by atoms with E-state index in [0.29, 0.717) is 5.91 Å². The average Bonchev–Trinajstić information content (AvgIpc) is 3.62. The molecule has 6 nitrogen and oxygen atoms in total. The van der Waals surface area contributed by atoms with Gasteiger partial charge in [-0.05, 0) is 50.3 Å². The minimum absolute atomic E-state index is 0.287. The summed E-state index contributed by atoms with van der Waals surface area (Å²) in [4.78, 5) is 26.6. The molecular weight excluding hydrogens is 376 g/mol. The fourth-order valence-corrected chi connectivity index (χ4v) is 4.26. The highest BCUT2D eigenvalue weighted by Gasteiger charge is 2.34.